The van der Waals surface area contributed by atoms with Gasteiger partial charge >= 0.3 is 5.97 Å². The van der Waals surface area contributed by atoms with Gasteiger partial charge in [-0.1, -0.05) is 0 Å². The Morgan fingerprint density at radius 3 is 2.61 bits per heavy atom. The van der Waals surface area contributed by atoms with E-state index in [1.54, 1.807) is 20.8 Å². The van der Waals surface area contributed by atoms with E-state index in [9.17, 15) is 4.79 Å². The highest BCUT2D eigenvalue weighted by atomic mass is 17.2. The van der Waals surface area contributed by atoms with E-state index in [2.05, 4.69) is 0 Å². The summed E-state index contributed by atoms with van der Waals surface area (Å²) in [5, 5.41) is 0. The average molecular weight is 262 g/mol. The molecule has 1 aliphatic heterocycles. The molecular formula is C12H22O6. The molecule has 6 nitrogen and oxygen atoms in total. The van der Waals surface area contributed by atoms with E-state index in [-0.39, 0.29) is 18.5 Å². The lowest BCUT2D eigenvalue weighted by molar-refractivity contribution is -0.335. The number of esters is 1. The third kappa shape index (κ3) is 4.53. The van der Waals surface area contributed by atoms with Gasteiger partial charge in [0.2, 0.25) is 0 Å². The van der Waals surface area contributed by atoms with Crippen LogP contribution in [0.5, 0.6) is 0 Å². The van der Waals surface area contributed by atoms with Gasteiger partial charge in [0.15, 0.2) is 11.9 Å². The highest BCUT2D eigenvalue weighted by molar-refractivity contribution is 5.75. The standard InChI is InChI=1S/C12H22O6/c1-5-14-11(13)10-9(8-17-16-6-2)7-15-12(3,4)18-10/h9-10H,5-8H2,1-4H3. The Bertz CT molecular complexity index is 265. The monoisotopic (exact) mass is 262 g/mol. The minimum absolute atomic E-state index is 0.230. The maximum absolute atomic E-state index is 11.8. The van der Waals surface area contributed by atoms with Crippen molar-refractivity contribution >= 4 is 5.97 Å². The summed E-state index contributed by atoms with van der Waals surface area (Å²) in [4.78, 5) is 21.6. The van der Waals surface area contributed by atoms with Crippen molar-refractivity contribution in [2.75, 3.05) is 26.4 Å². The highest BCUT2D eigenvalue weighted by Crippen LogP contribution is 2.27. The number of carbonyl (C=O) groups excluding carboxylic acids is 1. The van der Waals surface area contributed by atoms with E-state index < -0.39 is 11.9 Å². The molecule has 2 unspecified atom stereocenters. The van der Waals surface area contributed by atoms with Gasteiger partial charge in [-0.2, -0.15) is 0 Å². The molecule has 1 fully saturated rings. The number of hydrogen-bond acceptors (Lipinski definition) is 6. The van der Waals surface area contributed by atoms with Crippen molar-refractivity contribution in [3.8, 4) is 0 Å². The van der Waals surface area contributed by atoms with Crippen molar-refractivity contribution in [2.24, 2.45) is 5.92 Å². The largest absolute Gasteiger partial charge is 0.464 e. The smallest absolute Gasteiger partial charge is 0.335 e. The fraction of sp³-hybridized carbons (Fsp3) is 0.917. The molecular weight excluding hydrogens is 240 g/mol. The van der Waals surface area contributed by atoms with Crippen molar-refractivity contribution in [3.05, 3.63) is 0 Å². The Hall–Kier alpha value is -0.690. The summed E-state index contributed by atoms with van der Waals surface area (Å²) in [5.74, 6) is -1.41. The Balaban J connectivity index is 2.59. The van der Waals surface area contributed by atoms with Crippen LogP contribution in [0.3, 0.4) is 0 Å². The van der Waals surface area contributed by atoms with Gasteiger partial charge in [-0.3, -0.25) is 0 Å². The molecule has 1 saturated heterocycles. The summed E-state index contributed by atoms with van der Waals surface area (Å²) in [6, 6.07) is 0. The molecule has 6 heteroatoms. The van der Waals surface area contributed by atoms with E-state index >= 15 is 0 Å². The molecule has 0 aromatic rings. The molecule has 2 atom stereocenters. The summed E-state index contributed by atoms with van der Waals surface area (Å²) in [5.41, 5.74) is 0. The molecule has 0 aromatic carbocycles. The maximum Gasteiger partial charge on any atom is 0.335 e. The zero-order chi connectivity index (χ0) is 13.6. The Kier molecular flexibility index (Phi) is 6.01. The average Bonchev–Trinajstić information content (AvgIpc) is 2.31. The molecule has 0 aliphatic carbocycles. The zero-order valence-electron chi connectivity index (χ0n) is 11.4. The van der Waals surface area contributed by atoms with Gasteiger partial charge in [0.1, 0.15) is 0 Å². The van der Waals surface area contributed by atoms with Crippen LogP contribution in [0.1, 0.15) is 27.7 Å². The molecule has 18 heavy (non-hydrogen) atoms. The van der Waals surface area contributed by atoms with Crippen LogP contribution in [0.4, 0.5) is 0 Å². The van der Waals surface area contributed by atoms with Crippen LogP contribution in [0.25, 0.3) is 0 Å². The number of rotatable bonds is 6. The molecule has 0 saturated carbocycles. The van der Waals surface area contributed by atoms with Gasteiger partial charge in [-0.05, 0) is 27.7 Å². The predicted molar refractivity (Wildman–Crippen MR) is 62.6 cm³/mol. The number of ether oxygens (including phenoxy) is 3. The van der Waals surface area contributed by atoms with E-state index in [1.807, 2.05) is 6.92 Å². The molecule has 0 aromatic heterocycles. The zero-order valence-corrected chi connectivity index (χ0v) is 11.4. The molecule has 0 bridgehead atoms. The minimum atomic E-state index is -0.792. The first-order valence-corrected chi connectivity index (χ1v) is 6.23. The van der Waals surface area contributed by atoms with Gasteiger partial charge < -0.3 is 14.2 Å². The Morgan fingerprint density at radius 1 is 1.28 bits per heavy atom. The van der Waals surface area contributed by atoms with E-state index in [1.165, 1.54) is 0 Å². The Labute approximate surface area is 107 Å². The van der Waals surface area contributed by atoms with Crippen molar-refractivity contribution < 1.29 is 28.8 Å². The molecule has 1 heterocycles. The van der Waals surface area contributed by atoms with Gasteiger partial charge in [-0.25, -0.2) is 14.6 Å². The van der Waals surface area contributed by atoms with E-state index in [0.717, 1.165) is 0 Å². The van der Waals surface area contributed by atoms with Crippen LogP contribution >= 0.6 is 0 Å². The molecule has 1 rings (SSSR count). The summed E-state index contributed by atoms with van der Waals surface area (Å²) in [6.07, 6.45) is -0.686. The fourth-order valence-electron chi connectivity index (χ4n) is 1.65. The number of carbonyl (C=O) groups is 1. The summed E-state index contributed by atoms with van der Waals surface area (Å²) in [6.45, 7) is 8.46. The van der Waals surface area contributed by atoms with E-state index in [4.69, 9.17) is 24.0 Å². The van der Waals surface area contributed by atoms with Crippen LogP contribution in [0, 0.1) is 5.92 Å². The third-order valence-electron chi connectivity index (χ3n) is 2.49. The minimum Gasteiger partial charge on any atom is -0.464 e. The first kappa shape index (κ1) is 15.4. The topological polar surface area (TPSA) is 63.2 Å². The van der Waals surface area contributed by atoms with E-state index in [0.29, 0.717) is 19.8 Å². The van der Waals surface area contributed by atoms with Crippen LogP contribution in [-0.2, 0) is 28.8 Å². The maximum atomic E-state index is 11.8. The van der Waals surface area contributed by atoms with Crippen LogP contribution in [-0.4, -0.2) is 44.3 Å². The molecule has 0 spiro atoms. The first-order chi connectivity index (χ1) is 8.50. The van der Waals surface area contributed by atoms with Crippen LogP contribution in [0.2, 0.25) is 0 Å². The van der Waals surface area contributed by atoms with Crippen molar-refractivity contribution in [2.45, 2.75) is 39.6 Å². The lowest BCUT2D eigenvalue weighted by Gasteiger charge is -2.39. The summed E-state index contributed by atoms with van der Waals surface area (Å²) in [7, 11) is 0. The van der Waals surface area contributed by atoms with Crippen molar-refractivity contribution in [1.82, 2.24) is 0 Å². The first-order valence-electron chi connectivity index (χ1n) is 6.23. The molecule has 0 radical (unpaired) electrons. The van der Waals surface area contributed by atoms with Crippen molar-refractivity contribution in [1.29, 1.82) is 0 Å². The SMILES string of the molecule is CCOOCC1COC(C)(C)OC1C(=O)OCC. The summed E-state index contributed by atoms with van der Waals surface area (Å²) < 4.78 is 16.1. The summed E-state index contributed by atoms with van der Waals surface area (Å²) >= 11 is 0. The van der Waals surface area contributed by atoms with Gasteiger partial charge in [-0.15, -0.1) is 0 Å². The normalized spacial score (nSPS) is 26.9. The third-order valence-corrected chi connectivity index (χ3v) is 2.49. The van der Waals surface area contributed by atoms with Gasteiger partial charge in [0.05, 0.1) is 26.4 Å². The lowest BCUT2D eigenvalue weighted by atomic mass is 10.0. The predicted octanol–water partition coefficient (Wildman–Crippen LogP) is 1.29. The molecule has 0 N–H and O–H groups in total. The van der Waals surface area contributed by atoms with Crippen LogP contribution < -0.4 is 0 Å². The second-order valence-electron chi connectivity index (χ2n) is 4.45. The quantitative estimate of drug-likeness (QED) is 0.311. The molecule has 106 valence electrons. The highest BCUT2D eigenvalue weighted by Gasteiger charge is 2.41. The number of hydrogen-bond donors (Lipinski definition) is 0. The fourth-order valence-corrected chi connectivity index (χ4v) is 1.65. The van der Waals surface area contributed by atoms with Gasteiger partial charge in [0.25, 0.3) is 0 Å². The molecule has 1 aliphatic rings. The Morgan fingerprint density at radius 2 is 2.00 bits per heavy atom. The van der Waals surface area contributed by atoms with Crippen LogP contribution in [0.15, 0.2) is 0 Å². The van der Waals surface area contributed by atoms with Gasteiger partial charge in [0, 0.05) is 5.92 Å². The molecule has 0 amide bonds. The van der Waals surface area contributed by atoms with Crippen molar-refractivity contribution in [3.63, 3.8) is 0 Å². The second-order valence-corrected chi connectivity index (χ2v) is 4.45. The second kappa shape index (κ2) is 7.04. The lowest BCUT2D eigenvalue weighted by Crippen LogP contribution is -2.51.